The molecule has 2 amide bonds. The Bertz CT molecular complexity index is 1070. The van der Waals surface area contributed by atoms with Crippen LogP contribution in [-0.4, -0.2) is 58.1 Å². The first-order valence-electron chi connectivity index (χ1n) is 8.90. The number of hydrazone groups is 1. The standard InChI is InChI=1S/C18H18IN5O4/c1-9-16(25)21-20-15-6-28-14-3-10-11(19)5-23(12(10)4-13(14)24(9)15)18(2)7-22(8-18)17(26)27/h3-5,9H,6-8H2,1-2H3,(H,21,25)(H,26,27)/t9-/m1/s1. The smallest absolute Gasteiger partial charge is 0.407 e. The zero-order valence-corrected chi connectivity index (χ0v) is 17.4. The monoisotopic (exact) mass is 495 g/mol. The molecule has 2 aromatic rings. The second-order valence-corrected chi connectivity index (χ2v) is 8.82. The number of ether oxygens (including phenoxy) is 1. The number of amidine groups is 1. The quantitative estimate of drug-likeness (QED) is 0.590. The molecule has 3 aliphatic heterocycles. The number of fused-ring (bicyclic) bond motifs is 4. The molecule has 3 aliphatic rings. The second kappa shape index (κ2) is 5.75. The third kappa shape index (κ3) is 2.33. The van der Waals surface area contributed by atoms with E-state index in [1.807, 2.05) is 24.0 Å². The molecule has 4 heterocycles. The van der Waals surface area contributed by atoms with E-state index in [1.54, 1.807) is 0 Å². The fraction of sp³-hybridized carbons (Fsp3) is 0.389. The van der Waals surface area contributed by atoms with Crippen molar-refractivity contribution in [2.75, 3.05) is 24.6 Å². The number of hydrogen-bond acceptors (Lipinski definition) is 5. The van der Waals surface area contributed by atoms with Crippen molar-refractivity contribution in [3.05, 3.63) is 21.9 Å². The molecular formula is C18H18IN5O4. The van der Waals surface area contributed by atoms with Crippen molar-refractivity contribution in [1.82, 2.24) is 14.9 Å². The molecule has 9 nitrogen and oxygen atoms in total. The average Bonchev–Trinajstić information content (AvgIpc) is 2.96. The number of nitrogens with one attached hydrogen (secondary N) is 1. The number of anilines is 1. The zero-order chi connectivity index (χ0) is 19.8. The minimum atomic E-state index is -0.900. The number of carbonyl (C=O) groups excluding carboxylic acids is 1. The number of halogens is 1. The van der Waals surface area contributed by atoms with Crippen LogP contribution in [-0.2, 0) is 10.3 Å². The highest BCUT2D eigenvalue weighted by atomic mass is 127. The summed E-state index contributed by atoms with van der Waals surface area (Å²) < 4.78 is 9.11. The summed E-state index contributed by atoms with van der Waals surface area (Å²) >= 11 is 2.29. The van der Waals surface area contributed by atoms with Gasteiger partial charge in [-0.1, -0.05) is 0 Å². The molecule has 1 saturated heterocycles. The van der Waals surface area contributed by atoms with Crippen LogP contribution in [0, 0.1) is 3.57 Å². The maximum Gasteiger partial charge on any atom is 0.407 e. The maximum atomic E-state index is 12.1. The van der Waals surface area contributed by atoms with Crippen molar-refractivity contribution in [3.63, 3.8) is 0 Å². The number of carbonyl (C=O) groups is 2. The summed E-state index contributed by atoms with van der Waals surface area (Å²) in [6.45, 7) is 5.06. The third-order valence-corrected chi connectivity index (χ3v) is 6.57. The number of rotatable bonds is 1. The lowest BCUT2D eigenvalue weighted by molar-refractivity contribution is -0.122. The van der Waals surface area contributed by atoms with Crippen molar-refractivity contribution in [2.45, 2.75) is 25.4 Å². The van der Waals surface area contributed by atoms with Crippen LogP contribution in [0.1, 0.15) is 13.8 Å². The first-order chi connectivity index (χ1) is 13.3. The van der Waals surface area contributed by atoms with Gasteiger partial charge >= 0.3 is 6.09 Å². The Labute approximate surface area is 174 Å². The van der Waals surface area contributed by atoms with Crippen molar-refractivity contribution in [3.8, 4) is 5.75 Å². The number of aromatic nitrogens is 1. The lowest BCUT2D eigenvalue weighted by Crippen LogP contribution is -2.62. The van der Waals surface area contributed by atoms with Crippen LogP contribution in [0.25, 0.3) is 10.9 Å². The van der Waals surface area contributed by atoms with Crippen LogP contribution in [0.5, 0.6) is 5.75 Å². The van der Waals surface area contributed by atoms with Crippen LogP contribution in [0.3, 0.4) is 0 Å². The van der Waals surface area contributed by atoms with E-state index in [4.69, 9.17) is 4.74 Å². The topological polar surface area (TPSA) is 99.4 Å². The molecule has 146 valence electrons. The van der Waals surface area contributed by atoms with Gasteiger partial charge in [0.2, 0.25) is 0 Å². The number of carboxylic acid groups (broad SMARTS) is 1. The van der Waals surface area contributed by atoms with Gasteiger partial charge in [-0.2, -0.15) is 5.10 Å². The van der Waals surface area contributed by atoms with Gasteiger partial charge < -0.3 is 24.2 Å². The van der Waals surface area contributed by atoms with Crippen LogP contribution in [0.15, 0.2) is 23.4 Å². The van der Waals surface area contributed by atoms with Crippen molar-refractivity contribution >= 4 is 57.0 Å². The van der Waals surface area contributed by atoms with Gasteiger partial charge in [-0.25, -0.2) is 10.2 Å². The van der Waals surface area contributed by atoms with E-state index < -0.39 is 12.1 Å². The average molecular weight is 495 g/mol. The fourth-order valence-corrected chi connectivity index (χ4v) is 4.92. The molecule has 0 spiro atoms. The van der Waals surface area contributed by atoms with E-state index in [9.17, 15) is 14.7 Å². The molecule has 2 N–H and O–H groups in total. The predicted octanol–water partition coefficient (Wildman–Crippen LogP) is 1.99. The predicted molar refractivity (Wildman–Crippen MR) is 111 cm³/mol. The minimum absolute atomic E-state index is 0.162. The van der Waals surface area contributed by atoms with Gasteiger partial charge in [0.05, 0.1) is 16.7 Å². The molecule has 1 aromatic carbocycles. The molecular weight excluding hydrogens is 477 g/mol. The van der Waals surface area contributed by atoms with Gasteiger partial charge in [-0.05, 0) is 48.6 Å². The van der Waals surface area contributed by atoms with Gasteiger partial charge in [0.25, 0.3) is 5.91 Å². The number of likely N-dealkylation sites (tertiary alicyclic amines) is 1. The highest BCUT2D eigenvalue weighted by molar-refractivity contribution is 14.1. The molecule has 0 unspecified atom stereocenters. The molecule has 0 aliphatic carbocycles. The highest BCUT2D eigenvalue weighted by Crippen LogP contribution is 2.42. The van der Waals surface area contributed by atoms with E-state index in [-0.39, 0.29) is 11.4 Å². The van der Waals surface area contributed by atoms with E-state index in [1.165, 1.54) is 4.90 Å². The molecule has 0 radical (unpaired) electrons. The molecule has 5 rings (SSSR count). The number of benzene rings is 1. The van der Waals surface area contributed by atoms with Gasteiger partial charge in [-0.15, -0.1) is 0 Å². The SMILES string of the molecule is C[C@@H]1C(=O)NN=C2COc3cc4c(I)cn(C5(C)CN(C(=O)O)C5)c4cc3N21. The van der Waals surface area contributed by atoms with Gasteiger partial charge in [0.15, 0.2) is 5.84 Å². The van der Waals surface area contributed by atoms with Crippen molar-refractivity contribution in [2.24, 2.45) is 5.10 Å². The Balaban J connectivity index is 1.65. The Kier molecular flexibility index (Phi) is 3.61. The van der Waals surface area contributed by atoms with Crippen molar-refractivity contribution in [1.29, 1.82) is 0 Å². The van der Waals surface area contributed by atoms with Gasteiger partial charge in [0, 0.05) is 28.2 Å². The summed E-state index contributed by atoms with van der Waals surface area (Å²) in [6, 6.07) is 3.62. The fourth-order valence-electron chi connectivity index (χ4n) is 4.21. The normalized spacial score (nSPS) is 22.6. The molecule has 28 heavy (non-hydrogen) atoms. The zero-order valence-electron chi connectivity index (χ0n) is 15.3. The summed E-state index contributed by atoms with van der Waals surface area (Å²) in [5.74, 6) is 1.22. The van der Waals surface area contributed by atoms with E-state index in [0.29, 0.717) is 25.5 Å². The van der Waals surface area contributed by atoms with Gasteiger partial charge in [-0.3, -0.25) is 4.79 Å². The second-order valence-electron chi connectivity index (χ2n) is 7.66. The maximum absolute atomic E-state index is 12.1. The Morgan fingerprint density at radius 1 is 1.43 bits per heavy atom. The van der Waals surface area contributed by atoms with Crippen LogP contribution < -0.4 is 15.1 Å². The van der Waals surface area contributed by atoms with Gasteiger partial charge in [0.1, 0.15) is 18.4 Å². The molecule has 1 atom stereocenters. The molecule has 0 bridgehead atoms. The highest BCUT2D eigenvalue weighted by Gasteiger charge is 2.44. The van der Waals surface area contributed by atoms with Crippen LogP contribution >= 0.6 is 22.6 Å². The number of amides is 2. The molecule has 0 saturated carbocycles. The summed E-state index contributed by atoms with van der Waals surface area (Å²) in [4.78, 5) is 26.7. The van der Waals surface area contributed by atoms with Crippen molar-refractivity contribution < 1.29 is 19.4 Å². The number of hydrogen-bond donors (Lipinski definition) is 2. The summed E-state index contributed by atoms with van der Waals surface area (Å²) in [7, 11) is 0. The first kappa shape index (κ1) is 17.6. The van der Waals surface area contributed by atoms with E-state index in [2.05, 4.69) is 50.8 Å². The van der Waals surface area contributed by atoms with Crippen LogP contribution in [0.4, 0.5) is 10.5 Å². The van der Waals surface area contributed by atoms with E-state index >= 15 is 0 Å². The molecule has 10 heteroatoms. The summed E-state index contributed by atoms with van der Waals surface area (Å²) in [5, 5.41) is 14.4. The summed E-state index contributed by atoms with van der Waals surface area (Å²) in [5.41, 5.74) is 4.00. The Hall–Kier alpha value is -2.50. The van der Waals surface area contributed by atoms with Crippen LogP contribution in [0.2, 0.25) is 0 Å². The Morgan fingerprint density at radius 2 is 2.18 bits per heavy atom. The summed E-state index contributed by atoms with van der Waals surface area (Å²) in [6.07, 6.45) is 1.15. The van der Waals surface area contributed by atoms with E-state index in [0.717, 1.165) is 25.9 Å². The Morgan fingerprint density at radius 3 is 2.89 bits per heavy atom. The minimum Gasteiger partial charge on any atom is -0.483 e. The molecule has 1 fully saturated rings. The molecule has 1 aromatic heterocycles. The lowest BCUT2D eigenvalue weighted by Gasteiger charge is -2.48. The first-order valence-corrected chi connectivity index (χ1v) is 9.98. The number of nitrogens with zero attached hydrogens (tertiary/aromatic N) is 4. The lowest BCUT2D eigenvalue weighted by atomic mass is 9.92. The largest absolute Gasteiger partial charge is 0.483 e. The third-order valence-electron chi connectivity index (χ3n) is 5.71.